The summed E-state index contributed by atoms with van der Waals surface area (Å²) in [6.45, 7) is 1.83. The van der Waals surface area contributed by atoms with Crippen molar-refractivity contribution in [2.75, 3.05) is 29.5 Å². The predicted octanol–water partition coefficient (Wildman–Crippen LogP) is 4.64. The van der Waals surface area contributed by atoms with E-state index in [-0.39, 0.29) is 5.82 Å². The third-order valence-corrected chi connectivity index (χ3v) is 5.24. The van der Waals surface area contributed by atoms with Crippen molar-refractivity contribution < 1.29 is 4.39 Å². The lowest BCUT2D eigenvalue weighted by atomic mass is 10.1. The zero-order valence-electron chi connectivity index (χ0n) is 12.9. The van der Waals surface area contributed by atoms with Crippen LogP contribution in [0.4, 0.5) is 10.2 Å². The van der Waals surface area contributed by atoms with Crippen LogP contribution in [0.15, 0.2) is 42.5 Å². The van der Waals surface area contributed by atoms with Gasteiger partial charge in [-0.3, -0.25) is 0 Å². The lowest BCUT2D eigenvalue weighted by Crippen LogP contribution is -2.33. The molecule has 0 saturated carbocycles. The molecule has 4 rings (SSSR count). The number of hydrogen-bond acceptors (Lipinski definition) is 4. The molecule has 0 unspecified atom stereocenters. The van der Waals surface area contributed by atoms with Gasteiger partial charge in [-0.1, -0.05) is 23.7 Å². The quantitative estimate of drug-likeness (QED) is 0.666. The Morgan fingerprint density at radius 1 is 1.04 bits per heavy atom. The predicted molar refractivity (Wildman–Crippen MR) is 99.5 cm³/mol. The van der Waals surface area contributed by atoms with E-state index >= 15 is 0 Å². The molecule has 3 nitrogen and oxygen atoms in total. The molecular weight excluding hydrogens is 345 g/mol. The average Bonchev–Trinajstić information content (AvgIpc) is 2.62. The third kappa shape index (κ3) is 2.94. The Hall–Kier alpha value is -1.85. The fourth-order valence-electron chi connectivity index (χ4n) is 2.86. The van der Waals surface area contributed by atoms with Crippen molar-refractivity contribution in [3.63, 3.8) is 0 Å². The molecule has 0 atom stereocenters. The highest BCUT2D eigenvalue weighted by Gasteiger charge is 2.19. The van der Waals surface area contributed by atoms with Crippen LogP contribution in [0.5, 0.6) is 0 Å². The van der Waals surface area contributed by atoms with E-state index < -0.39 is 0 Å². The second-order valence-corrected chi connectivity index (χ2v) is 7.27. The Morgan fingerprint density at radius 2 is 1.83 bits per heavy atom. The first-order chi connectivity index (χ1) is 11.7. The summed E-state index contributed by atoms with van der Waals surface area (Å²) in [5.41, 5.74) is 1.20. The molecule has 1 saturated heterocycles. The summed E-state index contributed by atoms with van der Waals surface area (Å²) in [5.74, 6) is 3.05. The molecule has 1 aliphatic rings. The molecule has 2 aromatic carbocycles. The van der Waals surface area contributed by atoms with Gasteiger partial charge >= 0.3 is 0 Å². The maximum absolute atomic E-state index is 14.2. The van der Waals surface area contributed by atoms with Crippen LogP contribution in [0.1, 0.15) is 0 Å². The first-order valence-electron chi connectivity index (χ1n) is 7.77. The summed E-state index contributed by atoms with van der Waals surface area (Å²) in [4.78, 5) is 11.5. The lowest BCUT2D eigenvalue weighted by Gasteiger charge is -2.28. The number of benzene rings is 2. The third-order valence-electron chi connectivity index (χ3n) is 4.06. The molecule has 0 radical (unpaired) electrons. The van der Waals surface area contributed by atoms with Crippen molar-refractivity contribution in [2.24, 2.45) is 0 Å². The minimum atomic E-state index is -0.314. The SMILES string of the molecule is Fc1ccccc1-c1nc(N2CCSCC2)c2cc(Cl)ccc2n1. The molecule has 122 valence electrons. The molecule has 1 aromatic heterocycles. The van der Waals surface area contributed by atoms with Gasteiger partial charge in [0.1, 0.15) is 11.6 Å². The van der Waals surface area contributed by atoms with Gasteiger partial charge in [0.25, 0.3) is 0 Å². The van der Waals surface area contributed by atoms with Crippen LogP contribution < -0.4 is 4.90 Å². The van der Waals surface area contributed by atoms with E-state index in [1.807, 2.05) is 23.9 Å². The van der Waals surface area contributed by atoms with Gasteiger partial charge in [0, 0.05) is 35.0 Å². The Kier molecular flexibility index (Phi) is 4.29. The fourth-order valence-corrected chi connectivity index (χ4v) is 3.94. The van der Waals surface area contributed by atoms with Crippen LogP contribution in [0.25, 0.3) is 22.3 Å². The molecule has 0 aliphatic carbocycles. The van der Waals surface area contributed by atoms with E-state index in [0.717, 1.165) is 41.3 Å². The van der Waals surface area contributed by atoms with Crippen molar-refractivity contribution in [1.82, 2.24) is 9.97 Å². The second-order valence-electron chi connectivity index (χ2n) is 5.61. The van der Waals surface area contributed by atoms with Gasteiger partial charge in [0.2, 0.25) is 0 Å². The lowest BCUT2D eigenvalue weighted by molar-refractivity contribution is 0.630. The summed E-state index contributed by atoms with van der Waals surface area (Å²) in [5, 5.41) is 1.56. The van der Waals surface area contributed by atoms with Crippen LogP contribution >= 0.6 is 23.4 Å². The fraction of sp³-hybridized carbons (Fsp3) is 0.222. The standard InChI is InChI=1S/C18H15ClFN3S/c19-12-5-6-16-14(11-12)18(23-7-9-24-10-8-23)22-17(21-16)13-3-1-2-4-15(13)20/h1-6,11H,7-10H2. The van der Waals surface area contributed by atoms with Gasteiger partial charge < -0.3 is 4.90 Å². The highest BCUT2D eigenvalue weighted by Crippen LogP contribution is 2.31. The van der Waals surface area contributed by atoms with Gasteiger partial charge in [0.05, 0.1) is 11.1 Å². The number of nitrogens with zero attached hydrogens (tertiary/aromatic N) is 3. The van der Waals surface area contributed by atoms with Crippen molar-refractivity contribution in [3.8, 4) is 11.4 Å². The molecule has 0 bridgehead atoms. The Balaban J connectivity index is 1.93. The average molecular weight is 360 g/mol. The molecule has 3 aromatic rings. The monoisotopic (exact) mass is 359 g/mol. The number of hydrogen-bond donors (Lipinski definition) is 0. The van der Waals surface area contributed by atoms with Crippen molar-refractivity contribution in [3.05, 3.63) is 53.3 Å². The van der Waals surface area contributed by atoms with Gasteiger partial charge in [-0.15, -0.1) is 0 Å². The smallest absolute Gasteiger partial charge is 0.165 e. The second kappa shape index (κ2) is 6.57. The molecule has 0 spiro atoms. The van der Waals surface area contributed by atoms with E-state index in [2.05, 4.69) is 9.88 Å². The maximum atomic E-state index is 14.2. The largest absolute Gasteiger partial charge is 0.354 e. The Labute approximate surface area is 148 Å². The highest BCUT2D eigenvalue weighted by molar-refractivity contribution is 7.99. The van der Waals surface area contributed by atoms with Crippen LogP contribution in [-0.2, 0) is 0 Å². The normalized spacial score (nSPS) is 15.0. The minimum Gasteiger partial charge on any atom is -0.354 e. The van der Waals surface area contributed by atoms with Crippen molar-refractivity contribution in [1.29, 1.82) is 0 Å². The number of thioether (sulfide) groups is 1. The van der Waals surface area contributed by atoms with E-state index in [9.17, 15) is 4.39 Å². The minimum absolute atomic E-state index is 0.314. The number of fused-ring (bicyclic) bond motifs is 1. The van der Waals surface area contributed by atoms with Crippen molar-refractivity contribution in [2.45, 2.75) is 0 Å². The molecule has 24 heavy (non-hydrogen) atoms. The highest BCUT2D eigenvalue weighted by atomic mass is 35.5. The van der Waals surface area contributed by atoms with Gasteiger partial charge in [-0.05, 0) is 30.3 Å². The van der Waals surface area contributed by atoms with Crippen LogP contribution in [-0.4, -0.2) is 34.6 Å². The Bertz CT molecular complexity index is 897. The molecular formula is C18H15ClFN3S. The molecule has 0 amide bonds. The molecule has 6 heteroatoms. The zero-order chi connectivity index (χ0) is 16.5. The first-order valence-corrected chi connectivity index (χ1v) is 9.30. The summed E-state index contributed by atoms with van der Waals surface area (Å²) in [6.07, 6.45) is 0. The topological polar surface area (TPSA) is 29.0 Å². The molecule has 2 heterocycles. The van der Waals surface area contributed by atoms with Gasteiger partial charge in [-0.25, -0.2) is 14.4 Å². The van der Waals surface area contributed by atoms with Crippen LogP contribution in [0, 0.1) is 5.82 Å². The zero-order valence-corrected chi connectivity index (χ0v) is 14.4. The summed E-state index contributed by atoms with van der Waals surface area (Å²) >= 11 is 8.11. The number of rotatable bonds is 2. The first kappa shape index (κ1) is 15.7. The van der Waals surface area contributed by atoms with Crippen LogP contribution in [0.3, 0.4) is 0 Å². The molecule has 1 aliphatic heterocycles. The van der Waals surface area contributed by atoms with E-state index in [4.69, 9.17) is 16.6 Å². The van der Waals surface area contributed by atoms with Crippen LogP contribution in [0.2, 0.25) is 5.02 Å². The van der Waals surface area contributed by atoms with Crippen molar-refractivity contribution >= 4 is 40.1 Å². The summed E-state index contributed by atoms with van der Waals surface area (Å²) in [7, 11) is 0. The van der Waals surface area contributed by atoms with Gasteiger partial charge in [0.15, 0.2) is 5.82 Å². The summed E-state index contributed by atoms with van der Waals surface area (Å²) in [6, 6.07) is 12.2. The molecule has 1 fully saturated rings. The van der Waals surface area contributed by atoms with E-state index in [0.29, 0.717) is 16.4 Å². The summed E-state index contributed by atoms with van der Waals surface area (Å²) < 4.78 is 14.2. The van der Waals surface area contributed by atoms with Gasteiger partial charge in [-0.2, -0.15) is 11.8 Å². The number of halogens is 2. The Morgan fingerprint density at radius 3 is 2.62 bits per heavy atom. The number of anilines is 1. The van der Waals surface area contributed by atoms with E-state index in [1.165, 1.54) is 6.07 Å². The number of aromatic nitrogens is 2. The van der Waals surface area contributed by atoms with E-state index in [1.54, 1.807) is 24.3 Å². The molecule has 0 N–H and O–H groups in total. The maximum Gasteiger partial charge on any atom is 0.165 e.